The summed E-state index contributed by atoms with van der Waals surface area (Å²) in [6.07, 6.45) is 2.81. The van der Waals surface area contributed by atoms with Gasteiger partial charge in [-0.1, -0.05) is 24.6 Å². The van der Waals surface area contributed by atoms with Gasteiger partial charge in [-0.15, -0.1) is 0 Å². The van der Waals surface area contributed by atoms with Gasteiger partial charge in [0.15, 0.2) is 0 Å². The lowest BCUT2D eigenvalue weighted by atomic mass is 10.1. The minimum atomic E-state index is 0.708. The van der Waals surface area contributed by atoms with Crippen LogP contribution in [-0.4, -0.2) is 21.1 Å². The second-order valence-corrected chi connectivity index (χ2v) is 8.91. The second-order valence-electron chi connectivity index (χ2n) is 8.47. The number of nitrogens with one attached hydrogen (secondary N) is 1. The van der Waals surface area contributed by atoms with E-state index in [0.29, 0.717) is 5.02 Å². The van der Waals surface area contributed by atoms with E-state index in [9.17, 15) is 0 Å². The summed E-state index contributed by atoms with van der Waals surface area (Å²) in [5.74, 6) is 0. The number of fused-ring (bicyclic) bond motifs is 2. The van der Waals surface area contributed by atoms with Gasteiger partial charge in [0.25, 0.3) is 0 Å². The van der Waals surface area contributed by atoms with Crippen molar-refractivity contribution in [2.75, 3.05) is 11.9 Å². The fourth-order valence-corrected chi connectivity index (χ4v) is 4.16. The van der Waals surface area contributed by atoms with Crippen molar-refractivity contribution < 1.29 is 0 Å². The van der Waals surface area contributed by atoms with Crippen LogP contribution in [0.4, 0.5) is 11.4 Å². The molecule has 1 aliphatic carbocycles. The second kappa shape index (κ2) is 9.27. The standard InChI is InChI=1S/C28H26ClN5/c1-4-13-30-24-16-28-26(15-25(24)32-21-9-6-19(3)31-17-21)33-23-12-5-18(2)14-27(23)34(28)22-10-7-20(29)8-11-22/h5-12,14-17,32H,4,13H2,1-3H3. The Morgan fingerprint density at radius 1 is 0.971 bits per heavy atom. The van der Waals surface area contributed by atoms with Crippen molar-refractivity contribution >= 4 is 34.0 Å². The number of rotatable bonds is 5. The van der Waals surface area contributed by atoms with E-state index in [1.807, 2.05) is 49.5 Å². The number of benzene rings is 3. The van der Waals surface area contributed by atoms with Gasteiger partial charge in [-0.05, 0) is 86.5 Å². The molecule has 2 aliphatic rings. The molecule has 5 rings (SSSR count). The Balaban J connectivity index is 1.80. The fraction of sp³-hybridized carbons (Fsp3) is 0.179. The van der Waals surface area contributed by atoms with Gasteiger partial charge in [0.2, 0.25) is 0 Å². The maximum absolute atomic E-state index is 6.20. The molecule has 0 unspecified atom stereocenters. The zero-order valence-electron chi connectivity index (χ0n) is 19.5. The number of aromatic nitrogens is 3. The molecule has 34 heavy (non-hydrogen) atoms. The van der Waals surface area contributed by atoms with Crippen LogP contribution in [0.5, 0.6) is 0 Å². The van der Waals surface area contributed by atoms with Gasteiger partial charge in [-0.25, -0.2) is 4.98 Å². The number of hydrogen-bond donors (Lipinski definition) is 1. The van der Waals surface area contributed by atoms with Crippen LogP contribution in [0.25, 0.3) is 28.1 Å². The Morgan fingerprint density at radius 3 is 2.53 bits per heavy atom. The first-order valence-corrected chi connectivity index (χ1v) is 11.8. The first kappa shape index (κ1) is 22.1. The van der Waals surface area contributed by atoms with Crippen molar-refractivity contribution in [2.45, 2.75) is 27.2 Å². The Hall–Kier alpha value is -3.70. The zero-order valence-corrected chi connectivity index (χ0v) is 20.3. The lowest BCUT2D eigenvalue weighted by Crippen LogP contribution is -2.15. The largest absolute Gasteiger partial charge is 0.352 e. The molecule has 1 aromatic heterocycles. The lowest BCUT2D eigenvalue weighted by molar-refractivity contribution is 0.903. The van der Waals surface area contributed by atoms with Crippen LogP contribution in [0.15, 0.2) is 77.9 Å². The van der Waals surface area contributed by atoms with Crippen LogP contribution in [0.1, 0.15) is 24.6 Å². The summed E-state index contributed by atoms with van der Waals surface area (Å²) in [5, 5.41) is 5.10. The van der Waals surface area contributed by atoms with E-state index >= 15 is 0 Å². The molecular formula is C28H26ClN5. The minimum Gasteiger partial charge on any atom is -0.352 e. The Kier molecular flexibility index (Phi) is 6.03. The van der Waals surface area contributed by atoms with Crippen molar-refractivity contribution in [1.82, 2.24) is 14.5 Å². The smallest absolute Gasteiger partial charge is 0.0900 e. The molecule has 0 atom stereocenters. The highest BCUT2D eigenvalue weighted by atomic mass is 35.5. The molecule has 0 fully saturated rings. The molecule has 0 amide bonds. The van der Waals surface area contributed by atoms with Crippen molar-refractivity contribution in [3.63, 3.8) is 0 Å². The van der Waals surface area contributed by atoms with Crippen molar-refractivity contribution in [3.05, 3.63) is 94.6 Å². The normalized spacial score (nSPS) is 11.9. The molecule has 0 saturated carbocycles. The summed E-state index contributed by atoms with van der Waals surface area (Å²) in [4.78, 5) is 14.3. The van der Waals surface area contributed by atoms with Crippen LogP contribution in [0.2, 0.25) is 5.02 Å². The van der Waals surface area contributed by atoms with Crippen molar-refractivity contribution in [3.8, 4) is 17.1 Å². The molecule has 6 heteroatoms. The lowest BCUT2D eigenvalue weighted by Gasteiger charge is -2.20. The summed E-state index contributed by atoms with van der Waals surface area (Å²) in [7, 11) is 0. The van der Waals surface area contributed by atoms with Gasteiger partial charge in [0, 0.05) is 22.9 Å². The van der Waals surface area contributed by atoms with E-state index in [1.54, 1.807) is 0 Å². The maximum Gasteiger partial charge on any atom is 0.0900 e. The highest BCUT2D eigenvalue weighted by Crippen LogP contribution is 2.31. The molecule has 1 aliphatic heterocycles. The van der Waals surface area contributed by atoms with Gasteiger partial charge in [-0.2, -0.15) is 0 Å². The average Bonchev–Trinajstić information content (AvgIpc) is 2.83. The summed E-state index contributed by atoms with van der Waals surface area (Å²) in [6.45, 7) is 6.95. The van der Waals surface area contributed by atoms with Crippen LogP contribution < -0.4 is 10.7 Å². The predicted molar refractivity (Wildman–Crippen MR) is 140 cm³/mol. The number of halogens is 1. The molecule has 3 aromatic rings. The summed E-state index contributed by atoms with van der Waals surface area (Å²) in [6, 6.07) is 22.5. The molecular weight excluding hydrogens is 442 g/mol. The zero-order chi connectivity index (χ0) is 23.7. The number of anilines is 2. The van der Waals surface area contributed by atoms with Gasteiger partial charge in [0.1, 0.15) is 0 Å². The van der Waals surface area contributed by atoms with Crippen LogP contribution in [0, 0.1) is 13.8 Å². The molecule has 2 aromatic carbocycles. The van der Waals surface area contributed by atoms with Gasteiger partial charge < -0.3 is 9.88 Å². The predicted octanol–water partition coefficient (Wildman–Crippen LogP) is 6.85. The molecule has 2 heterocycles. The van der Waals surface area contributed by atoms with Crippen molar-refractivity contribution in [2.24, 2.45) is 4.99 Å². The Bertz CT molecular complexity index is 1500. The number of aryl methyl sites for hydroxylation is 2. The molecule has 0 spiro atoms. The highest BCUT2D eigenvalue weighted by molar-refractivity contribution is 6.30. The molecule has 1 N–H and O–H groups in total. The van der Waals surface area contributed by atoms with E-state index < -0.39 is 0 Å². The van der Waals surface area contributed by atoms with Gasteiger partial charge in [0.05, 0.1) is 45.4 Å². The number of nitrogens with zero attached hydrogens (tertiary/aromatic N) is 4. The molecule has 0 bridgehead atoms. The number of hydrogen-bond acceptors (Lipinski definition) is 4. The maximum atomic E-state index is 6.20. The third-order valence-corrected chi connectivity index (χ3v) is 5.98. The van der Waals surface area contributed by atoms with Crippen LogP contribution in [0.3, 0.4) is 0 Å². The summed E-state index contributed by atoms with van der Waals surface area (Å²) >= 11 is 6.20. The summed E-state index contributed by atoms with van der Waals surface area (Å²) < 4.78 is 2.24. The first-order valence-electron chi connectivity index (χ1n) is 11.4. The van der Waals surface area contributed by atoms with Gasteiger partial charge in [-0.3, -0.25) is 9.98 Å². The Labute approximate surface area is 204 Å². The fourth-order valence-electron chi connectivity index (χ4n) is 4.03. The van der Waals surface area contributed by atoms with E-state index in [2.05, 4.69) is 59.0 Å². The quantitative estimate of drug-likeness (QED) is 0.287. The molecule has 0 radical (unpaired) electrons. The molecule has 5 nitrogen and oxygen atoms in total. The SMILES string of the molecule is CCCN=c1cc2n(-c3ccc(Cl)cc3)c3cc(C)ccc3nc-2cc1Nc1ccc(C)nc1. The highest BCUT2D eigenvalue weighted by Gasteiger charge is 2.17. The minimum absolute atomic E-state index is 0.708. The first-order chi connectivity index (χ1) is 16.5. The van der Waals surface area contributed by atoms with Crippen LogP contribution in [-0.2, 0) is 0 Å². The average molecular weight is 468 g/mol. The van der Waals surface area contributed by atoms with Gasteiger partial charge >= 0.3 is 0 Å². The van der Waals surface area contributed by atoms with Crippen molar-refractivity contribution in [1.29, 1.82) is 0 Å². The number of pyridine rings is 1. The molecule has 0 saturated heterocycles. The summed E-state index contributed by atoms with van der Waals surface area (Å²) in [5.41, 5.74) is 8.84. The van der Waals surface area contributed by atoms with E-state index in [0.717, 1.165) is 63.5 Å². The third-order valence-electron chi connectivity index (χ3n) is 5.73. The van der Waals surface area contributed by atoms with E-state index in [4.69, 9.17) is 21.6 Å². The topological polar surface area (TPSA) is 55.1 Å². The Morgan fingerprint density at radius 2 is 1.79 bits per heavy atom. The van der Waals surface area contributed by atoms with E-state index in [1.165, 1.54) is 5.56 Å². The van der Waals surface area contributed by atoms with Crippen LogP contribution >= 0.6 is 11.6 Å². The van der Waals surface area contributed by atoms with E-state index in [-0.39, 0.29) is 0 Å². The molecule has 170 valence electrons. The third kappa shape index (κ3) is 4.39. The monoisotopic (exact) mass is 467 g/mol.